The predicted molar refractivity (Wildman–Crippen MR) is 86.3 cm³/mol. The Hall–Kier alpha value is -1.33. The lowest BCUT2D eigenvalue weighted by Gasteiger charge is -2.36. The number of nitrogens with one attached hydrogen (secondary N) is 1. The number of hydrogen-bond acceptors (Lipinski definition) is 2. The Morgan fingerprint density at radius 2 is 2.19 bits per heavy atom. The Kier molecular flexibility index (Phi) is 3.58. The standard InChI is InChI=1S/C16H19BrN2O2/c1-19(2)15(20)16(21-3)8-4-5-11-12-9-10(17)6-7-13(12)18-14(11)16/h6-7,9,18H,4-5,8H2,1-3H3. The van der Waals surface area contributed by atoms with Crippen LogP contribution in [-0.4, -0.2) is 37.0 Å². The van der Waals surface area contributed by atoms with Crippen LogP contribution in [0.15, 0.2) is 22.7 Å². The molecular formula is C16H19BrN2O2. The van der Waals surface area contributed by atoms with Crippen molar-refractivity contribution in [1.29, 1.82) is 0 Å². The summed E-state index contributed by atoms with van der Waals surface area (Å²) >= 11 is 3.52. The molecule has 1 aromatic carbocycles. The fraction of sp³-hybridized carbons (Fsp3) is 0.438. The quantitative estimate of drug-likeness (QED) is 0.903. The highest BCUT2D eigenvalue weighted by molar-refractivity contribution is 9.10. The van der Waals surface area contributed by atoms with Crippen molar-refractivity contribution in [3.63, 3.8) is 0 Å². The molecule has 0 bridgehead atoms. The van der Waals surface area contributed by atoms with Crippen molar-refractivity contribution in [2.24, 2.45) is 0 Å². The molecule has 1 aliphatic rings. The molecule has 1 aliphatic carbocycles. The van der Waals surface area contributed by atoms with E-state index in [1.54, 1.807) is 26.1 Å². The van der Waals surface area contributed by atoms with Crippen LogP contribution in [0, 0.1) is 0 Å². The summed E-state index contributed by atoms with van der Waals surface area (Å²) in [4.78, 5) is 17.8. The van der Waals surface area contributed by atoms with E-state index in [4.69, 9.17) is 4.74 Å². The lowest BCUT2D eigenvalue weighted by Crippen LogP contribution is -2.47. The van der Waals surface area contributed by atoms with E-state index in [0.717, 1.165) is 28.5 Å². The summed E-state index contributed by atoms with van der Waals surface area (Å²) in [6, 6.07) is 6.15. The largest absolute Gasteiger partial charge is 0.362 e. The van der Waals surface area contributed by atoms with Gasteiger partial charge in [-0.1, -0.05) is 15.9 Å². The second-order valence-electron chi connectivity index (χ2n) is 5.75. The third kappa shape index (κ3) is 2.10. The zero-order chi connectivity index (χ0) is 15.2. The number of ether oxygens (including phenoxy) is 1. The van der Waals surface area contributed by atoms with Crippen LogP contribution < -0.4 is 0 Å². The van der Waals surface area contributed by atoms with E-state index in [1.807, 2.05) is 12.1 Å². The van der Waals surface area contributed by atoms with E-state index in [9.17, 15) is 4.79 Å². The number of aryl methyl sites for hydroxylation is 1. The number of hydrogen-bond donors (Lipinski definition) is 1. The molecule has 0 saturated heterocycles. The minimum absolute atomic E-state index is 0.00317. The van der Waals surface area contributed by atoms with Gasteiger partial charge < -0.3 is 14.6 Å². The third-order valence-corrected chi connectivity index (χ3v) is 4.82. The van der Waals surface area contributed by atoms with Crippen molar-refractivity contribution < 1.29 is 9.53 Å². The maximum absolute atomic E-state index is 12.7. The van der Waals surface area contributed by atoms with Gasteiger partial charge >= 0.3 is 0 Å². The van der Waals surface area contributed by atoms with Gasteiger partial charge in [-0.25, -0.2) is 0 Å². The van der Waals surface area contributed by atoms with E-state index >= 15 is 0 Å². The SMILES string of the molecule is COC1(C(=O)N(C)C)CCCc2c1[nH]c1ccc(Br)cc21. The summed E-state index contributed by atoms with van der Waals surface area (Å²) in [5.41, 5.74) is 2.29. The van der Waals surface area contributed by atoms with Crippen LogP contribution in [0.4, 0.5) is 0 Å². The number of carbonyl (C=O) groups excluding carboxylic acids is 1. The molecule has 2 aromatic rings. The monoisotopic (exact) mass is 350 g/mol. The van der Waals surface area contributed by atoms with E-state index < -0.39 is 5.60 Å². The molecular weight excluding hydrogens is 332 g/mol. The molecule has 1 N–H and O–H groups in total. The first-order valence-corrected chi connectivity index (χ1v) is 7.86. The fourth-order valence-corrected chi connectivity index (χ4v) is 3.69. The van der Waals surface area contributed by atoms with Crippen molar-refractivity contribution in [1.82, 2.24) is 9.88 Å². The van der Waals surface area contributed by atoms with Crippen LogP contribution in [0.2, 0.25) is 0 Å². The normalized spacial score (nSPS) is 21.3. The number of amides is 1. The molecule has 21 heavy (non-hydrogen) atoms. The third-order valence-electron chi connectivity index (χ3n) is 4.33. The van der Waals surface area contributed by atoms with Gasteiger partial charge in [0.15, 0.2) is 5.60 Å². The Balaban J connectivity index is 2.26. The molecule has 1 aromatic heterocycles. The van der Waals surface area contributed by atoms with Crippen molar-refractivity contribution in [3.8, 4) is 0 Å². The fourth-order valence-electron chi connectivity index (χ4n) is 3.33. The minimum atomic E-state index is -0.886. The van der Waals surface area contributed by atoms with Crippen molar-refractivity contribution in [3.05, 3.63) is 33.9 Å². The molecule has 5 heteroatoms. The molecule has 1 atom stereocenters. The lowest BCUT2D eigenvalue weighted by molar-refractivity contribution is -0.156. The number of carbonyl (C=O) groups is 1. The zero-order valence-electron chi connectivity index (χ0n) is 12.5. The van der Waals surface area contributed by atoms with Gasteiger partial charge in [0.25, 0.3) is 5.91 Å². The van der Waals surface area contributed by atoms with Crippen LogP contribution in [0.5, 0.6) is 0 Å². The zero-order valence-corrected chi connectivity index (χ0v) is 14.1. The summed E-state index contributed by atoms with van der Waals surface area (Å²) in [7, 11) is 5.17. The van der Waals surface area contributed by atoms with Crippen molar-refractivity contribution in [2.75, 3.05) is 21.2 Å². The molecule has 0 fully saturated rings. The van der Waals surface area contributed by atoms with Crippen LogP contribution in [0.1, 0.15) is 24.1 Å². The molecule has 0 aliphatic heterocycles. The molecule has 0 radical (unpaired) electrons. The highest BCUT2D eigenvalue weighted by Crippen LogP contribution is 2.42. The summed E-state index contributed by atoms with van der Waals surface area (Å²) in [5, 5.41) is 1.17. The Morgan fingerprint density at radius 1 is 1.43 bits per heavy atom. The van der Waals surface area contributed by atoms with E-state index in [1.165, 1.54) is 10.9 Å². The second kappa shape index (κ2) is 5.14. The first kappa shape index (κ1) is 14.6. The average Bonchev–Trinajstić information content (AvgIpc) is 2.84. The summed E-state index contributed by atoms with van der Waals surface area (Å²) in [6.07, 6.45) is 2.62. The van der Waals surface area contributed by atoms with Gasteiger partial charge in [0.2, 0.25) is 0 Å². The van der Waals surface area contributed by atoms with E-state index in [-0.39, 0.29) is 5.91 Å². The van der Waals surface area contributed by atoms with E-state index in [2.05, 4.69) is 27.0 Å². The second-order valence-corrected chi connectivity index (χ2v) is 6.67. The van der Waals surface area contributed by atoms with Gasteiger partial charge in [0.05, 0.1) is 5.69 Å². The van der Waals surface area contributed by atoms with Crippen LogP contribution >= 0.6 is 15.9 Å². The number of fused-ring (bicyclic) bond motifs is 3. The summed E-state index contributed by atoms with van der Waals surface area (Å²) in [5.74, 6) is -0.00317. The Labute approximate surface area is 132 Å². The van der Waals surface area contributed by atoms with Crippen molar-refractivity contribution >= 4 is 32.7 Å². The topological polar surface area (TPSA) is 45.3 Å². The number of halogens is 1. The van der Waals surface area contributed by atoms with Gasteiger partial charge in [0, 0.05) is 36.6 Å². The van der Waals surface area contributed by atoms with Crippen molar-refractivity contribution in [2.45, 2.75) is 24.9 Å². The predicted octanol–water partition coefficient (Wildman–Crippen LogP) is 3.20. The minimum Gasteiger partial charge on any atom is -0.362 e. The van der Waals surface area contributed by atoms with Gasteiger partial charge in [0.1, 0.15) is 0 Å². The number of rotatable bonds is 2. The number of nitrogens with zero attached hydrogens (tertiary/aromatic N) is 1. The van der Waals surface area contributed by atoms with Crippen LogP contribution in [0.25, 0.3) is 10.9 Å². The number of H-pyrrole nitrogens is 1. The molecule has 1 unspecified atom stereocenters. The molecule has 112 valence electrons. The lowest BCUT2D eigenvalue weighted by atomic mass is 9.81. The number of likely N-dealkylation sites (N-methyl/N-ethyl adjacent to an activating group) is 1. The van der Waals surface area contributed by atoms with Crippen LogP contribution in [0.3, 0.4) is 0 Å². The number of aromatic amines is 1. The number of benzene rings is 1. The molecule has 1 heterocycles. The van der Waals surface area contributed by atoms with Gasteiger partial charge in [-0.2, -0.15) is 0 Å². The van der Waals surface area contributed by atoms with Gasteiger partial charge in [-0.15, -0.1) is 0 Å². The molecule has 3 rings (SSSR count). The maximum Gasteiger partial charge on any atom is 0.260 e. The highest BCUT2D eigenvalue weighted by Gasteiger charge is 2.46. The van der Waals surface area contributed by atoms with Gasteiger partial charge in [-0.05, 0) is 43.0 Å². The summed E-state index contributed by atoms with van der Waals surface area (Å²) < 4.78 is 6.80. The maximum atomic E-state index is 12.7. The summed E-state index contributed by atoms with van der Waals surface area (Å²) in [6.45, 7) is 0. The molecule has 1 amide bonds. The number of methoxy groups -OCH3 is 1. The highest BCUT2D eigenvalue weighted by atomic mass is 79.9. The molecule has 0 spiro atoms. The van der Waals surface area contributed by atoms with E-state index in [0.29, 0.717) is 6.42 Å². The number of aromatic nitrogens is 1. The smallest absolute Gasteiger partial charge is 0.260 e. The molecule has 4 nitrogen and oxygen atoms in total. The Morgan fingerprint density at radius 3 is 2.86 bits per heavy atom. The first-order chi connectivity index (χ1) is 9.99. The van der Waals surface area contributed by atoms with Gasteiger partial charge in [-0.3, -0.25) is 4.79 Å². The average molecular weight is 351 g/mol. The Bertz CT molecular complexity index is 708. The van der Waals surface area contributed by atoms with Crippen LogP contribution in [-0.2, 0) is 21.6 Å². The molecule has 0 saturated carbocycles. The first-order valence-electron chi connectivity index (χ1n) is 7.07.